The van der Waals surface area contributed by atoms with Crippen molar-refractivity contribution in [3.8, 4) is 11.1 Å². The van der Waals surface area contributed by atoms with Gasteiger partial charge in [-0.2, -0.15) is 0 Å². The Hall–Kier alpha value is -4.17. The predicted octanol–water partition coefficient (Wildman–Crippen LogP) is 5.28. The van der Waals surface area contributed by atoms with Gasteiger partial charge in [0.05, 0.1) is 5.41 Å². The molecule has 1 aliphatic carbocycles. The lowest BCUT2D eigenvalue weighted by Gasteiger charge is -2.35. The van der Waals surface area contributed by atoms with E-state index < -0.39 is 35.5 Å². The first kappa shape index (κ1) is 30.8. The molecule has 0 radical (unpaired) electrons. The minimum atomic E-state index is -1.21. The molecular formula is C34H41N3O5. The van der Waals surface area contributed by atoms with Crippen molar-refractivity contribution >= 4 is 18.0 Å². The van der Waals surface area contributed by atoms with Crippen molar-refractivity contribution in [3.05, 3.63) is 95.6 Å². The first-order valence-electron chi connectivity index (χ1n) is 14.4. The standard InChI is InChI=1S/C34H41N3O5/c1-22(2)30(34(3,4)32(39)40)36-31(38)29(20-37(5)19-23-13-7-6-8-14-23)35-33(41)42-21-28-26-17-11-9-15-24(26)25-16-10-12-18-27(25)28/h6-18,22,28-30H,19-21H2,1-5H3,(H,35,41)(H,36,38)(H,39,40). The lowest BCUT2D eigenvalue weighted by atomic mass is 9.78. The van der Waals surface area contributed by atoms with Crippen molar-refractivity contribution in [2.45, 2.75) is 52.2 Å². The molecule has 0 saturated carbocycles. The molecule has 0 heterocycles. The molecule has 3 aromatic rings. The van der Waals surface area contributed by atoms with E-state index >= 15 is 0 Å². The van der Waals surface area contributed by atoms with Crippen molar-refractivity contribution in [1.29, 1.82) is 0 Å². The van der Waals surface area contributed by atoms with Gasteiger partial charge in [-0.05, 0) is 54.6 Å². The van der Waals surface area contributed by atoms with Crippen LogP contribution in [0.3, 0.4) is 0 Å². The summed E-state index contributed by atoms with van der Waals surface area (Å²) in [5.74, 6) is -1.74. The van der Waals surface area contributed by atoms with Gasteiger partial charge in [-0.1, -0.05) is 92.7 Å². The Kier molecular flexibility index (Phi) is 9.68. The van der Waals surface area contributed by atoms with Crippen LogP contribution in [0.1, 0.15) is 50.3 Å². The van der Waals surface area contributed by atoms with E-state index in [9.17, 15) is 19.5 Å². The Labute approximate surface area is 248 Å². The quantitative estimate of drug-likeness (QED) is 0.273. The Bertz CT molecular complexity index is 1360. The maximum atomic E-state index is 13.6. The van der Waals surface area contributed by atoms with Gasteiger partial charge in [-0.25, -0.2) is 4.79 Å². The average molecular weight is 572 g/mol. The van der Waals surface area contributed by atoms with Gasteiger partial charge >= 0.3 is 12.1 Å². The summed E-state index contributed by atoms with van der Waals surface area (Å²) in [5, 5.41) is 15.5. The lowest BCUT2D eigenvalue weighted by Crippen LogP contribution is -2.58. The van der Waals surface area contributed by atoms with E-state index in [4.69, 9.17) is 4.74 Å². The fourth-order valence-corrected chi connectivity index (χ4v) is 5.82. The summed E-state index contributed by atoms with van der Waals surface area (Å²) in [6, 6.07) is 24.4. The highest BCUT2D eigenvalue weighted by Crippen LogP contribution is 2.44. The summed E-state index contributed by atoms with van der Waals surface area (Å²) in [5.41, 5.74) is 4.30. The van der Waals surface area contributed by atoms with Crippen molar-refractivity contribution in [2.75, 3.05) is 20.2 Å². The SMILES string of the molecule is CC(C)C(NC(=O)C(CN(C)Cc1ccccc1)NC(=O)OCC1c2ccccc2-c2ccccc21)C(C)(C)C(=O)O. The molecule has 8 heteroatoms. The Balaban J connectivity index is 1.49. The number of hydrogen-bond acceptors (Lipinski definition) is 5. The van der Waals surface area contributed by atoms with E-state index in [1.807, 2.05) is 92.5 Å². The van der Waals surface area contributed by atoms with Crippen LogP contribution in [0.5, 0.6) is 0 Å². The molecular weight excluding hydrogens is 530 g/mol. The summed E-state index contributed by atoms with van der Waals surface area (Å²) in [4.78, 5) is 40.8. The van der Waals surface area contributed by atoms with Crippen LogP contribution in [0.15, 0.2) is 78.9 Å². The van der Waals surface area contributed by atoms with Crippen LogP contribution in [0, 0.1) is 11.3 Å². The molecule has 3 aromatic carbocycles. The minimum absolute atomic E-state index is 0.113. The maximum Gasteiger partial charge on any atom is 0.407 e. The number of ether oxygens (including phenoxy) is 1. The molecule has 222 valence electrons. The van der Waals surface area contributed by atoms with Crippen LogP contribution < -0.4 is 10.6 Å². The summed E-state index contributed by atoms with van der Waals surface area (Å²) in [6.07, 6.45) is -0.705. The number of carbonyl (C=O) groups excluding carboxylic acids is 2. The monoisotopic (exact) mass is 571 g/mol. The third-order valence-corrected chi connectivity index (χ3v) is 8.03. The average Bonchev–Trinajstić information content (AvgIpc) is 3.28. The summed E-state index contributed by atoms with van der Waals surface area (Å²) >= 11 is 0. The van der Waals surface area contributed by atoms with Gasteiger partial charge < -0.3 is 20.5 Å². The maximum absolute atomic E-state index is 13.6. The van der Waals surface area contributed by atoms with Crippen LogP contribution >= 0.6 is 0 Å². The molecule has 3 N–H and O–H groups in total. The number of carboxylic acids is 1. The molecule has 4 rings (SSSR count). The molecule has 8 nitrogen and oxygen atoms in total. The van der Waals surface area contributed by atoms with Gasteiger partial charge in [0.1, 0.15) is 12.6 Å². The summed E-state index contributed by atoms with van der Waals surface area (Å²) < 4.78 is 5.74. The van der Waals surface area contributed by atoms with Crippen LogP contribution in [0.25, 0.3) is 11.1 Å². The fraction of sp³-hybridized carbons (Fsp3) is 0.382. The van der Waals surface area contributed by atoms with Crippen molar-refractivity contribution in [2.24, 2.45) is 11.3 Å². The molecule has 0 aromatic heterocycles. The molecule has 2 unspecified atom stereocenters. The number of carbonyl (C=O) groups is 3. The van der Waals surface area contributed by atoms with Crippen molar-refractivity contribution < 1.29 is 24.2 Å². The Morgan fingerprint density at radius 2 is 1.43 bits per heavy atom. The normalized spacial score (nSPS) is 14.2. The molecule has 0 spiro atoms. The number of fused-ring (bicyclic) bond motifs is 3. The molecule has 2 atom stereocenters. The second-order valence-electron chi connectivity index (χ2n) is 12.0. The van der Waals surface area contributed by atoms with Gasteiger partial charge in [0, 0.05) is 25.0 Å². The van der Waals surface area contributed by atoms with E-state index in [0.29, 0.717) is 6.54 Å². The zero-order valence-corrected chi connectivity index (χ0v) is 25.0. The van der Waals surface area contributed by atoms with Crippen LogP contribution in [0.2, 0.25) is 0 Å². The summed E-state index contributed by atoms with van der Waals surface area (Å²) in [7, 11) is 1.87. The van der Waals surface area contributed by atoms with E-state index in [1.165, 1.54) is 0 Å². The fourth-order valence-electron chi connectivity index (χ4n) is 5.82. The van der Waals surface area contributed by atoms with E-state index in [0.717, 1.165) is 27.8 Å². The van der Waals surface area contributed by atoms with Crippen molar-refractivity contribution in [3.63, 3.8) is 0 Å². The number of amides is 2. The molecule has 2 amide bonds. The highest BCUT2D eigenvalue weighted by molar-refractivity contribution is 5.87. The van der Waals surface area contributed by atoms with Gasteiger partial charge in [-0.3, -0.25) is 14.5 Å². The lowest BCUT2D eigenvalue weighted by molar-refractivity contribution is -0.150. The molecule has 42 heavy (non-hydrogen) atoms. The zero-order chi connectivity index (χ0) is 30.4. The third-order valence-electron chi connectivity index (χ3n) is 8.03. The van der Waals surface area contributed by atoms with Crippen LogP contribution in [0.4, 0.5) is 4.79 Å². The van der Waals surface area contributed by atoms with Crippen LogP contribution in [-0.2, 0) is 20.9 Å². The number of hydrogen-bond donors (Lipinski definition) is 3. The number of benzene rings is 3. The van der Waals surface area contributed by atoms with Gasteiger partial charge in [-0.15, -0.1) is 0 Å². The highest BCUT2D eigenvalue weighted by atomic mass is 16.5. The first-order chi connectivity index (χ1) is 20.0. The number of rotatable bonds is 12. The number of alkyl carbamates (subject to hydrolysis) is 1. The number of nitrogens with zero attached hydrogens (tertiary/aromatic N) is 1. The third kappa shape index (κ3) is 6.99. The first-order valence-corrected chi connectivity index (χ1v) is 14.4. The molecule has 0 saturated heterocycles. The van der Waals surface area contributed by atoms with E-state index in [-0.39, 0.29) is 25.0 Å². The predicted molar refractivity (Wildman–Crippen MR) is 163 cm³/mol. The van der Waals surface area contributed by atoms with Crippen LogP contribution in [-0.4, -0.2) is 60.3 Å². The smallest absolute Gasteiger partial charge is 0.407 e. The second-order valence-corrected chi connectivity index (χ2v) is 12.0. The highest BCUT2D eigenvalue weighted by Gasteiger charge is 2.41. The van der Waals surface area contributed by atoms with Gasteiger partial charge in [0.2, 0.25) is 5.91 Å². The Morgan fingerprint density at radius 1 is 0.881 bits per heavy atom. The second kappa shape index (κ2) is 13.2. The number of carboxylic acid groups (broad SMARTS) is 1. The topological polar surface area (TPSA) is 108 Å². The molecule has 0 aliphatic heterocycles. The zero-order valence-electron chi connectivity index (χ0n) is 25.0. The van der Waals surface area contributed by atoms with Crippen molar-refractivity contribution in [1.82, 2.24) is 15.5 Å². The number of nitrogens with one attached hydrogen (secondary N) is 2. The summed E-state index contributed by atoms with van der Waals surface area (Å²) in [6.45, 7) is 7.80. The van der Waals surface area contributed by atoms with E-state index in [2.05, 4.69) is 22.8 Å². The van der Waals surface area contributed by atoms with Gasteiger partial charge in [0.15, 0.2) is 0 Å². The van der Waals surface area contributed by atoms with Gasteiger partial charge in [0.25, 0.3) is 0 Å². The Morgan fingerprint density at radius 3 is 1.98 bits per heavy atom. The molecule has 0 bridgehead atoms. The number of aliphatic carboxylic acids is 1. The number of likely N-dealkylation sites (N-methyl/N-ethyl adjacent to an activating group) is 1. The molecule has 1 aliphatic rings. The minimum Gasteiger partial charge on any atom is -0.481 e. The van der Waals surface area contributed by atoms with E-state index in [1.54, 1.807) is 13.8 Å². The largest absolute Gasteiger partial charge is 0.481 e. The molecule has 0 fully saturated rings.